The Bertz CT molecular complexity index is 894. The quantitative estimate of drug-likeness (QED) is 0.640. The van der Waals surface area contributed by atoms with E-state index in [0.29, 0.717) is 21.4 Å². The molecule has 0 fully saturated rings. The zero-order chi connectivity index (χ0) is 17.3. The van der Waals surface area contributed by atoms with Crippen molar-refractivity contribution in [2.75, 3.05) is 0 Å². The summed E-state index contributed by atoms with van der Waals surface area (Å²) in [6.07, 6.45) is 1.59. The van der Waals surface area contributed by atoms with Crippen molar-refractivity contribution >= 4 is 58.4 Å². The molecule has 0 bridgehead atoms. The van der Waals surface area contributed by atoms with Crippen molar-refractivity contribution in [3.63, 3.8) is 0 Å². The lowest BCUT2D eigenvalue weighted by atomic mass is 10.2. The Hall–Kier alpha value is -2.21. The molecular formula is C17H11Cl2N3OS. The highest BCUT2D eigenvalue weighted by Gasteiger charge is 2.33. The van der Waals surface area contributed by atoms with Crippen molar-refractivity contribution < 1.29 is 4.79 Å². The molecule has 1 aliphatic rings. The largest absolute Gasteiger partial charge is 0.375 e. The van der Waals surface area contributed by atoms with Gasteiger partial charge >= 0.3 is 0 Å². The number of hydrogen-bond donors (Lipinski definition) is 1. The first-order valence-electron chi connectivity index (χ1n) is 6.92. The summed E-state index contributed by atoms with van der Waals surface area (Å²) in [7, 11) is 0. The van der Waals surface area contributed by atoms with E-state index in [2.05, 4.69) is 4.99 Å². The van der Waals surface area contributed by atoms with Crippen LogP contribution in [-0.4, -0.2) is 21.8 Å². The van der Waals surface area contributed by atoms with E-state index in [9.17, 15) is 4.79 Å². The average Bonchev–Trinajstić information content (AvgIpc) is 2.88. The molecule has 1 amide bonds. The van der Waals surface area contributed by atoms with E-state index in [0.717, 1.165) is 5.56 Å². The molecule has 0 spiro atoms. The van der Waals surface area contributed by atoms with E-state index in [1.54, 1.807) is 24.3 Å². The predicted octanol–water partition coefficient (Wildman–Crippen LogP) is 3.87. The maximum absolute atomic E-state index is 12.6. The van der Waals surface area contributed by atoms with Crippen molar-refractivity contribution in [1.29, 1.82) is 0 Å². The molecule has 2 N–H and O–H groups in total. The van der Waals surface area contributed by atoms with Crippen molar-refractivity contribution in [3.8, 4) is 0 Å². The lowest BCUT2D eigenvalue weighted by Crippen LogP contribution is -2.41. The molecule has 3 rings (SSSR count). The van der Waals surface area contributed by atoms with Crippen molar-refractivity contribution in [2.24, 2.45) is 10.7 Å². The Morgan fingerprint density at radius 1 is 1.17 bits per heavy atom. The number of nitrogens with two attached hydrogens (primary N) is 1. The van der Waals surface area contributed by atoms with Crippen LogP contribution in [0.25, 0.3) is 6.08 Å². The molecular weight excluding hydrogens is 365 g/mol. The Balaban J connectivity index is 2.09. The summed E-state index contributed by atoms with van der Waals surface area (Å²) < 4.78 is 0. The molecule has 7 heteroatoms. The van der Waals surface area contributed by atoms with Crippen molar-refractivity contribution in [3.05, 3.63) is 75.4 Å². The topological polar surface area (TPSA) is 58.7 Å². The molecule has 1 heterocycles. The molecule has 0 atom stereocenters. The number of halogens is 2. The number of hydrogen-bond acceptors (Lipinski definition) is 3. The number of carbonyl (C=O) groups excluding carboxylic acids is 1. The SMILES string of the molecule is NC(=S)N1C(=O)/C(=C\c2ccc(Cl)cc2Cl)N=C1c1ccccc1. The molecule has 1 aliphatic heterocycles. The molecule has 0 aromatic heterocycles. The smallest absolute Gasteiger partial charge is 0.284 e. The third kappa shape index (κ3) is 3.19. The van der Waals surface area contributed by atoms with Crippen LogP contribution in [0.3, 0.4) is 0 Å². The summed E-state index contributed by atoms with van der Waals surface area (Å²) in [4.78, 5) is 18.2. The van der Waals surface area contributed by atoms with Gasteiger partial charge in [0.2, 0.25) is 0 Å². The van der Waals surface area contributed by atoms with E-state index < -0.39 is 5.91 Å². The molecule has 0 saturated heterocycles. The van der Waals surface area contributed by atoms with Crippen molar-refractivity contribution in [1.82, 2.24) is 4.90 Å². The molecule has 120 valence electrons. The van der Waals surface area contributed by atoms with Gasteiger partial charge in [0.05, 0.1) is 0 Å². The Morgan fingerprint density at radius 3 is 2.50 bits per heavy atom. The van der Waals surface area contributed by atoms with Gasteiger partial charge in [-0.1, -0.05) is 59.6 Å². The highest BCUT2D eigenvalue weighted by Crippen LogP contribution is 2.26. The normalized spacial score (nSPS) is 15.8. The number of thiocarbonyl (C=S) groups is 1. The van der Waals surface area contributed by atoms with Gasteiger partial charge in [0, 0.05) is 15.6 Å². The summed E-state index contributed by atoms with van der Waals surface area (Å²) in [5.41, 5.74) is 7.28. The number of benzene rings is 2. The monoisotopic (exact) mass is 375 g/mol. The van der Waals surface area contributed by atoms with Gasteiger partial charge in [-0.15, -0.1) is 0 Å². The third-order valence-electron chi connectivity index (χ3n) is 3.37. The maximum Gasteiger partial charge on any atom is 0.284 e. The molecule has 2 aromatic rings. The van der Waals surface area contributed by atoms with Gasteiger partial charge in [0.15, 0.2) is 5.11 Å². The molecule has 0 radical (unpaired) electrons. The molecule has 24 heavy (non-hydrogen) atoms. The number of aliphatic imine (C=N–C) groups is 1. The molecule has 0 aliphatic carbocycles. The van der Waals surface area contributed by atoms with E-state index >= 15 is 0 Å². The second-order valence-corrected chi connectivity index (χ2v) is 6.24. The lowest BCUT2D eigenvalue weighted by molar-refractivity contribution is -0.120. The van der Waals surface area contributed by atoms with E-state index in [1.165, 1.54) is 4.90 Å². The maximum atomic E-state index is 12.6. The zero-order valence-corrected chi connectivity index (χ0v) is 14.6. The summed E-state index contributed by atoms with van der Waals surface area (Å²) in [6.45, 7) is 0. The fourth-order valence-electron chi connectivity index (χ4n) is 2.27. The van der Waals surface area contributed by atoms with Crippen LogP contribution in [0, 0.1) is 0 Å². The van der Waals surface area contributed by atoms with Crippen LogP contribution in [0.15, 0.2) is 59.2 Å². The zero-order valence-electron chi connectivity index (χ0n) is 12.2. The minimum absolute atomic E-state index is 0.0618. The Kier molecular flexibility index (Phi) is 4.66. The summed E-state index contributed by atoms with van der Waals surface area (Å²) in [6, 6.07) is 14.2. The first kappa shape index (κ1) is 16.6. The first-order valence-corrected chi connectivity index (χ1v) is 8.08. The summed E-state index contributed by atoms with van der Waals surface area (Å²) in [5, 5.41) is 0.874. The minimum atomic E-state index is -0.396. The molecule has 4 nitrogen and oxygen atoms in total. The number of amides is 1. The highest BCUT2D eigenvalue weighted by molar-refractivity contribution is 7.80. The standard InChI is InChI=1S/C17H11Cl2N3OS/c18-12-7-6-11(13(19)9-12)8-14-16(23)22(17(20)24)15(21-14)10-4-2-1-3-5-10/h1-9H,(H2,20,24)/b14-8+. The predicted molar refractivity (Wildman–Crippen MR) is 101 cm³/mol. The second kappa shape index (κ2) is 6.73. The van der Waals surface area contributed by atoms with Gasteiger partial charge in [-0.3, -0.25) is 4.79 Å². The lowest BCUT2D eigenvalue weighted by Gasteiger charge is -2.15. The van der Waals surface area contributed by atoms with Gasteiger partial charge < -0.3 is 5.73 Å². The van der Waals surface area contributed by atoms with Crippen LogP contribution in [0.2, 0.25) is 10.0 Å². The minimum Gasteiger partial charge on any atom is -0.375 e. The average molecular weight is 376 g/mol. The van der Waals surface area contributed by atoms with Crippen molar-refractivity contribution in [2.45, 2.75) is 0 Å². The van der Waals surface area contributed by atoms with Crippen LogP contribution >= 0.6 is 35.4 Å². The van der Waals surface area contributed by atoms with Gasteiger partial charge in [-0.2, -0.15) is 0 Å². The van der Waals surface area contributed by atoms with E-state index in [-0.39, 0.29) is 10.8 Å². The fourth-order valence-corrected chi connectivity index (χ4v) is 2.90. The number of amidine groups is 1. The molecule has 0 saturated carbocycles. The summed E-state index contributed by atoms with van der Waals surface area (Å²) >= 11 is 17.0. The number of rotatable bonds is 2. The van der Waals surface area contributed by atoms with Crippen LogP contribution in [0.4, 0.5) is 0 Å². The van der Waals surface area contributed by atoms with Crippen LogP contribution in [0.1, 0.15) is 11.1 Å². The third-order valence-corrected chi connectivity index (χ3v) is 4.11. The van der Waals surface area contributed by atoms with E-state index in [4.69, 9.17) is 41.2 Å². The second-order valence-electron chi connectivity index (χ2n) is 4.98. The van der Waals surface area contributed by atoms with Gasteiger partial charge in [0.1, 0.15) is 11.5 Å². The highest BCUT2D eigenvalue weighted by atomic mass is 35.5. The van der Waals surface area contributed by atoms with Crippen LogP contribution < -0.4 is 5.73 Å². The number of nitrogens with zero attached hydrogens (tertiary/aromatic N) is 2. The summed E-state index contributed by atoms with van der Waals surface area (Å²) in [5.74, 6) is -0.00296. The molecule has 0 unspecified atom stereocenters. The van der Waals surface area contributed by atoms with Crippen LogP contribution in [-0.2, 0) is 4.79 Å². The Morgan fingerprint density at radius 2 is 1.88 bits per heavy atom. The van der Waals surface area contributed by atoms with Crippen LogP contribution in [0.5, 0.6) is 0 Å². The van der Waals surface area contributed by atoms with Gasteiger partial charge in [-0.05, 0) is 36.0 Å². The number of carbonyl (C=O) groups is 1. The first-order chi connectivity index (χ1) is 11.5. The molecule has 2 aromatic carbocycles. The fraction of sp³-hybridized carbons (Fsp3) is 0. The van der Waals surface area contributed by atoms with Gasteiger partial charge in [-0.25, -0.2) is 9.89 Å². The van der Waals surface area contributed by atoms with Gasteiger partial charge in [0.25, 0.3) is 5.91 Å². The van der Waals surface area contributed by atoms with E-state index in [1.807, 2.05) is 30.3 Å². The Labute approximate surface area is 154 Å².